The molecule has 0 aliphatic heterocycles. The Labute approximate surface area is 202 Å². The van der Waals surface area contributed by atoms with E-state index in [0.29, 0.717) is 12.2 Å². The summed E-state index contributed by atoms with van der Waals surface area (Å²) in [5.41, 5.74) is 2.43. The molecule has 0 radical (unpaired) electrons. The molecule has 5 nitrogen and oxygen atoms in total. The molecular formula is C29H35N3O2. The van der Waals surface area contributed by atoms with Crippen molar-refractivity contribution in [2.75, 3.05) is 0 Å². The maximum Gasteiger partial charge on any atom is 0.233 e. The number of aliphatic hydroxyl groups is 1. The summed E-state index contributed by atoms with van der Waals surface area (Å²) in [6.07, 6.45) is 6.54. The van der Waals surface area contributed by atoms with Gasteiger partial charge in [0, 0.05) is 6.42 Å². The van der Waals surface area contributed by atoms with Gasteiger partial charge in [0.1, 0.15) is 17.4 Å². The second kappa shape index (κ2) is 11.3. The molecule has 0 aliphatic rings. The van der Waals surface area contributed by atoms with Gasteiger partial charge in [-0.3, -0.25) is 0 Å². The molecule has 2 unspecified atom stereocenters. The molecule has 0 saturated carbocycles. The number of nitrogens with zero attached hydrogens (tertiary/aromatic N) is 3. The zero-order chi connectivity index (χ0) is 23.8. The molecule has 0 amide bonds. The average Bonchev–Trinajstić information content (AvgIpc) is 3.31. The zero-order valence-electron chi connectivity index (χ0n) is 20.2. The Morgan fingerprint density at radius 2 is 1.53 bits per heavy atom. The lowest BCUT2D eigenvalue weighted by atomic mass is 9.92. The molecule has 0 saturated heterocycles. The van der Waals surface area contributed by atoms with Gasteiger partial charge in [0.05, 0.1) is 5.52 Å². The van der Waals surface area contributed by atoms with Crippen LogP contribution in [0, 0.1) is 6.92 Å². The van der Waals surface area contributed by atoms with Crippen LogP contribution in [0.25, 0.3) is 11.0 Å². The Balaban J connectivity index is 1.78. The monoisotopic (exact) mass is 457 g/mol. The number of hydrogen-bond donors (Lipinski definition) is 1. The van der Waals surface area contributed by atoms with E-state index < -0.39 is 11.8 Å². The topological polar surface area (TPSA) is 60.2 Å². The molecule has 178 valence electrons. The Kier molecular flexibility index (Phi) is 7.96. The first kappa shape index (κ1) is 24.0. The normalized spacial score (nSPS) is 14.1. The summed E-state index contributed by atoms with van der Waals surface area (Å²) in [5, 5.41) is 20.9. The second-order valence-electron chi connectivity index (χ2n) is 9.08. The molecule has 4 rings (SSSR count). The highest BCUT2D eigenvalue weighted by atomic mass is 16.5. The molecule has 0 spiro atoms. The SMILES string of the molecule is CCCCCCCCC(Oc1ccccc1)(C(O)c1ccc(C)cc1)n1nnc2ccccc21. The molecule has 34 heavy (non-hydrogen) atoms. The van der Waals surface area contributed by atoms with Gasteiger partial charge in [0.2, 0.25) is 5.72 Å². The van der Waals surface area contributed by atoms with Crippen LogP contribution in [0.1, 0.15) is 69.1 Å². The smallest absolute Gasteiger partial charge is 0.233 e. The van der Waals surface area contributed by atoms with Gasteiger partial charge in [-0.05, 0) is 43.2 Å². The molecule has 4 aromatic rings. The minimum atomic E-state index is -1.14. The number of rotatable bonds is 12. The van der Waals surface area contributed by atoms with E-state index in [1.165, 1.54) is 25.7 Å². The van der Waals surface area contributed by atoms with Gasteiger partial charge in [-0.1, -0.05) is 104 Å². The lowest BCUT2D eigenvalue weighted by molar-refractivity contribution is -0.129. The third-order valence-corrected chi connectivity index (χ3v) is 6.46. The van der Waals surface area contributed by atoms with E-state index in [4.69, 9.17) is 4.74 Å². The highest BCUT2D eigenvalue weighted by Gasteiger charge is 2.45. The number of fused-ring (bicyclic) bond motifs is 1. The number of aliphatic hydroxyl groups excluding tert-OH is 1. The van der Waals surface area contributed by atoms with Gasteiger partial charge < -0.3 is 9.84 Å². The molecule has 0 bridgehead atoms. The van der Waals surface area contributed by atoms with Gasteiger partial charge in [-0.15, -0.1) is 5.10 Å². The minimum absolute atomic E-state index is 0.608. The molecular weight excluding hydrogens is 422 g/mol. The number of hydrogen-bond acceptors (Lipinski definition) is 4. The van der Waals surface area contributed by atoms with Gasteiger partial charge in [0.15, 0.2) is 0 Å². The fourth-order valence-electron chi connectivity index (χ4n) is 4.52. The van der Waals surface area contributed by atoms with Gasteiger partial charge >= 0.3 is 0 Å². The van der Waals surface area contributed by atoms with Crippen LogP contribution in [0.2, 0.25) is 0 Å². The highest BCUT2D eigenvalue weighted by molar-refractivity contribution is 5.74. The Bertz CT molecular complexity index is 1160. The number of unbranched alkanes of at least 4 members (excludes halogenated alkanes) is 5. The van der Waals surface area contributed by atoms with Crippen LogP contribution in [-0.2, 0) is 5.72 Å². The van der Waals surface area contributed by atoms with Crippen molar-refractivity contribution in [1.29, 1.82) is 0 Å². The van der Waals surface area contributed by atoms with Crippen molar-refractivity contribution >= 4 is 11.0 Å². The summed E-state index contributed by atoms with van der Waals surface area (Å²) in [6.45, 7) is 4.28. The van der Waals surface area contributed by atoms with Gasteiger partial charge in [0.25, 0.3) is 0 Å². The van der Waals surface area contributed by atoms with Crippen molar-refractivity contribution in [3.63, 3.8) is 0 Å². The maximum absolute atomic E-state index is 11.9. The summed E-state index contributed by atoms with van der Waals surface area (Å²) in [7, 11) is 0. The van der Waals surface area contributed by atoms with Gasteiger partial charge in [-0.25, -0.2) is 0 Å². The first-order chi connectivity index (χ1) is 16.6. The molecule has 0 fully saturated rings. The lowest BCUT2D eigenvalue weighted by Gasteiger charge is -2.39. The third kappa shape index (κ3) is 5.31. The number of benzene rings is 3. The van der Waals surface area contributed by atoms with Crippen LogP contribution in [0.3, 0.4) is 0 Å². The summed E-state index contributed by atoms with van der Waals surface area (Å²) in [6, 6.07) is 25.6. The second-order valence-corrected chi connectivity index (χ2v) is 9.08. The summed E-state index contributed by atoms with van der Waals surface area (Å²) in [5.74, 6) is 0.694. The van der Waals surface area contributed by atoms with Crippen molar-refractivity contribution in [3.8, 4) is 5.75 Å². The molecule has 3 aromatic carbocycles. The average molecular weight is 458 g/mol. The lowest BCUT2D eigenvalue weighted by Crippen LogP contribution is -2.46. The van der Waals surface area contributed by atoms with Crippen molar-refractivity contribution < 1.29 is 9.84 Å². The van der Waals surface area contributed by atoms with Crippen LogP contribution in [-0.4, -0.2) is 20.1 Å². The number of ether oxygens (including phenoxy) is 1. The largest absolute Gasteiger partial charge is 0.463 e. The van der Waals surface area contributed by atoms with Crippen LogP contribution in [0.15, 0.2) is 78.9 Å². The molecule has 5 heteroatoms. The number of aryl methyl sites for hydroxylation is 1. The van der Waals surface area contributed by atoms with E-state index >= 15 is 0 Å². The third-order valence-electron chi connectivity index (χ3n) is 6.46. The van der Waals surface area contributed by atoms with Crippen molar-refractivity contribution in [3.05, 3.63) is 90.0 Å². The molecule has 2 atom stereocenters. The minimum Gasteiger partial charge on any atom is -0.463 e. The highest BCUT2D eigenvalue weighted by Crippen LogP contribution is 2.41. The van der Waals surface area contributed by atoms with Crippen molar-refractivity contribution in [1.82, 2.24) is 15.0 Å². The van der Waals surface area contributed by atoms with E-state index in [1.807, 2.05) is 85.8 Å². The first-order valence-corrected chi connectivity index (χ1v) is 12.4. The Morgan fingerprint density at radius 1 is 0.853 bits per heavy atom. The zero-order valence-corrected chi connectivity index (χ0v) is 20.2. The van der Waals surface area contributed by atoms with Crippen LogP contribution >= 0.6 is 0 Å². The predicted octanol–water partition coefficient (Wildman–Crippen LogP) is 6.96. The van der Waals surface area contributed by atoms with Gasteiger partial charge in [-0.2, -0.15) is 4.68 Å². The standard InChI is InChI=1S/C29H35N3O2/c1-3-4-5-6-7-13-22-29(34-25-14-9-8-10-15-25,28(33)24-20-18-23(2)19-21-24)32-27-17-12-11-16-26(27)30-31-32/h8-12,14-21,28,33H,3-7,13,22H2,1-2H3. The van der Waals surface area contributed by atoms with Crippen LogP contribution < -0.4 is 4.74 Å². The number of aromatic nitrogens is 3. The maximum atomic E-state index is 11.9. The van der Waals surface area contributed by atoms with E-state index in [2.05, 4.69) is 17.2 Å². The molecule has 1 aromatic heterocycles. The van der Waals surface area contributed by atoms with E-state index in [-0.39, 0.29) is 0 Å². The van der Waals surface area contributed by atoms with Crippen LogP contribution in [0.5, 0.6) is 5.75 Å². The van der Waals surface area contributed by atoms with E-state index in [1.54, 1.807) is 4.68 Å². The Morgan fingerprint density at radius 3 is 2.29 bits per heavy atom. The summed E-state index contributed by atoms with van der Waals surface area (Å²) >= 11 is 0. The van der Waals surface area contributed by atoms with E-state index in [9.17, 15) is 5.11 Å². The Hall–Kier alpha value is -3.18. The van der Waals surface area contributed by atoms with Crippen LogP contribution in [0.4, 0.5) is 0 Å². The molecule has 1 N–H and O–H groups in total. The molecule has 1 heterocycles. The summed E-state index contributed by atoms with van der Waals surface area (Å²) < 4.78 is 8.54. The van der Waals surface area contributed by atoms with Crippen molar-refractivity contribution in [2.24, 2.45) is 0 Å². The number of para-hydroxylation sites is 2. The first-order valence-electron chi connectivity index (χ1n) is 12.4. The quantitative estimate of drug-likeness (QED) is 0.234. The van der Waals surface area contributed by atoms with Crippen molar-refractivity contribution in [2.45, 2.75) is 70.6 Å². The summed E-state index contributed by atoms with van der Waals surface area (Å²) in [4.78, 5) is 0. The fraction of sp³-hybridized carbons (Fsp3) is 0.379. The van der Waals surface area contributed by atoms with E-state index in [0.717, 1.165) is 35.0 Å². The predicted molar refractivity (Wildman–Crippen MR) is 137 cm³/mol. The molecule has 0 aliphatic carbocycles. The fourth-order valence-corrected chi connectivity index (χ4v) is 4.52.